The van der Waals surface area contributed by atoms with E-state index in [9.17, 15) is 9.59 Å². The third-order valence-electron chi connectivity index (χ3n) is 2.03. The van der Waals surface area contributed by atoms with E-state index in [1.54, 1.807) is 18.2 Å². The van der Waals surface area contributed by atoms with E-state index >= 15 is 0 Å². The number of rotatable bonds is 1. The Kier molecular flexibility index (Phi) is 2.36. The molecule has 0 aliphatic rings. The van der Waals surface area contributed by atoms with Crippen molar-refractivity contribution >= 4 is 11.6 Å². The third kappa shape index (κ3) is 1.50. The normalized spacial score (nSPS) is 9.69. The Bertz CT molecular complexity index is 654. The molecule has 0 aromatic carbocycles. The van der Waals surface area contributed by atoms with Crippen molar-refractivity contribution in [3.05, 3.63) is 46.5 Å². The minimum atomic E-state index is -0.752. The summed E-state index contributed by atoms with van der Waals surface area (Å²) in [7, 11) is 0. The van der Waals surface area contributed by atoms with Crippen LogP contribution in [0.5, 0.6) is 0 Å². The average Bonchev–Trinajstić information content (AvgIpc) is 2.30. The van der Waals surface area contributed by atoms with Gasteiger partial charge in [-0.05, 0) is 12.1 Å². The molecule has 0 atom stereocenters. The summed E-state index contributed by atoms with van der Waals surface area (Å²) in [5.41, 5.74) is -0.218. The van der Waals surface area contributed by atoms with Gasteiger partial charge in [-0.3, -0.25) is 19.3 Å². The molecular formula is C10H6N4O2. The van der Waals surface area contributed by atoms with Crippen molar-refractivity contribution in [1.82, 2.24) is 14.7 Å². The van der Waals surface area contributed by atoms with E-state index in [0.29, 0.717) is 5.65 Å². The van der Waals surface area contributed by atoms with Crippen molar-refractivity contribution in [2.45, 2.75) is 0 Å². The van der Waals surface area contributed by atoms with Crippen molar-refractivity contribution < 1.29 is 4.79 Å². The lowest BCUT2D eigenvalue weighted by molar-refractivity contribution is 0.0971. The predicted octanol–water partition coefficient (Wildman–Crippen LogP) is -0.0946. The van der Waals surface area contributed by atoms with Crippen molar-refractivity contribution in [2.75, 3.05) is 0 Å². The topological polar surface area (TPSA) is 87.3 Å². The van der Waals surface area contributed by atoms with E-state index in [0.717, 1.165) is 6.20 Å². The Hall–Kier alpha value is -2.68. The van der Waals surface area contributed by atoms with Gasteiger partial charge in [0, 0.05) is 12.4 Å². The molecule has 1 N–H and O–H groups in total. The number of amides is 1. The molecule has 0 unspecified atom stereocenters. The number of carbonyl (C=O) groups is 1. The van der Waals surface area contributed by atoms with Gasteiger partial charge in [0.2, 0.25) is 0 Å². The summed E-state index contributed by atoms with van der Waals surface area (Å²) in [6.45, 7) is 0. The molecule has 2 rings (SSSR count). The largest absolute Gasteiger partial charge is 0.271 e. The molecule has 2 heterocycles. The van der Waals surface area contributed by atoms with E-state index < -0.39 is 11.5 Å². The minimum Gasteiger partial charge on any atom is -0.268 e. The number of nitrogens with zero attached hydrogens (tertiary/aromatic N) is 3. The average molecular weight is 214 g/mol. The smallest absolute Gasteiger partial charge is 0.268 e. The van der Waals surface area contributed by atoms with E-state index in [1.165, 1.54) is 16.8 Å². The quantitative estimate of drug-likeness (QED) is 0.530. The molecule has 0 aliphatic carbocycles. The molecule has 0 fully saturated rings. The first-order valence-corrected chi connectivity index (χ1v) is 4.40. The van der Waals surface area contributed by atoms with Gasteiger partial charge in [0.1, 0.15) is 11.2 Å². The molecule has 2 aromatic rings. The van der Waals surface area contributed by atoms with Gasteiger partial charge in [-0.1, -0.05) is 6.07 Å². The van der Waals surface area contributed by atoms with Crippen LogP contribution in [0.15, 0.2) is 35.4 Å². The van der Waals surface area contributed by atoms with Gasteiger partial charge in [0.05, 0.1) is 0 Å². The summed E-state index contributed by atoms with van der Waals surface area (Å²) >= 11 is 0. The van der Waals surface area contributed by atoms with Gasteiger partial charge >= 0.3 is 0 Å². The van der Waals surface area contributed by atoms with Gasteiger partial charge in [-0.25, -0.2) is 4.98 Å². The molecule has 16 heavy (non-hydrogen) atoms. The van der Waals surface area contributed by atoms with Crippen LogP contribution in [0, 0.1) is 11.5 Å². The van der Waals surface area contributed by atoms with Crippen LogP contribution in [0.1, 0.15) is 10.4 Å². The van der Waals surface area contributed by atoms with Crippen molar-refractivity contribution in [2.24, 2.45) is 0 Å². The summed E-state index contributed by atoms with van der Waals surface area (Å²) in [5, 5.41) is 10.2. The minimum absolute atomic E-state index is 0.162. The summed E-state index contributed by atoms with van der Waals surface area (Å²) in [5.74, 6) is -0.752. The second kappa shape index (κ2) is 3.82. The highest BCUT2D eigenvalue weighted by Crippen LogP contribution is 1.97. The van der Waals surface area contributed by atoms with Crippen LogP contribution in [-0.4, -0.2) is 15.3 Å². The highest BCUT2D eigenvalue weighted by Gasteiger charge is 2.11. The maximum Gasteiger partial charge on any atom is 0.271 e. The zero-order chi connectivity index (χ0) is 11.5. The predicted molar refractivity (Wildman–Crippen MR) is 54.5 cm³/mol. The number of nitriles is 1. The fourth-order valence-corrected chi connectivity index (χ4v) is 1.30. The fraction of sp³-hybridized carbons (Fsp3) is 0. The first kappa shape index (κ1) is 9.86. The fourth-order valence-electron chi connectivity index (χ4n) is 1.30. The molecule has 1 amide bonds. The molecule has 0 spiro atoms. The number of carbonyl (C=O) groups excluding carboxylic acids is 1. The molecule has 6 nitrogen and oxygen atoms in total. The molecule has 0 saturated carbocycles. The first-order valence-electron chi connectivity index (χ1n) is 4.40. The van der Waals surface area contributed by atoms with Gasteiger partial charge in [0.15, 0.2) is 6.19 Å². The van der Waals surface area contributed by atoms with Crippen LogP contribution in [0.25, 0.3) is 5.65 Å². The van der Waals surface area contributed by atoms with E-state index in [1.807, 2.05) is 5.32 Å². The Morgan fingerprint density at radius 1 is 1.50 bits per heavy atom. The SMILES string of the molecule is N#CNC(=O)c1cnc2ccccn2c1=O. The molecule has 0 saturated heterocycles. The number of aromatic nitrogens is 2. The molecule has 0 bridgehead atoms. The number of hydrogen-bond acceptors (Lipinski definition) is 4. The van der Waals surface area contributed by atoms with Crippen LogP contribution in [0.3, 0.4) is 0 Å². The summed E-state index contributed by atoms with van der Waals surface area (Å²) < 4.78 is 1.24. The number of pyridine rings is 1. The first-order chi connectivity index (χ1) is 7.74. The van der Waals surface area contributed by atoms with Gasteiger partial charge in [-0.2, -0.15) is 5.26 Å². The number of hydrogen-bond donors (Lipinski definition) is 1. The third-order valence-corrected chi connectivity index (χ3v) is 2.03. The van der Waals surface area contributed by atoms with Crippen LogP contribution in [0.2, 0.25) is 0 Å². The summed E-state index contributed by atoms with van der Waals surface area (Å²) in [6.07, 6.45) is 4.13. The second-order valence-corrected chi connectivity index (χ2v) is 2.97. The molecule has 0 radical (unpaired) electrons. The Labute approximate surface area is 89.8 Å². The lowest BCUT2D eigenvalue weighted by atomic mass is 10.3. The van der Waals surface area contributed by atoms with Crippen LogP contribution in [0.4, 0.5) is 0 Å². The number of fused-ring (bicyclic) bond motifs is 1. The Balaban J connectivity index is 2.67. The Morgan fingerprint density at radius 2 is 2.31 bits per heavy atom. The monoisotopic (exact) mass is 214 g/mol. The van der Waals surface area contributed by atoms with Gasteiger partial charge in [-0.15, -0.1) is 0 Å². The lowest BCUT2D eigenvalue weighted by Gasteiger charge is -2.01. The summed E-state index contributed by atoms with van der Waals surface area (Å²) in [4.78, 5) is 27.1. The highest BCUT2D eigenvalue weighted by atomic mass is 16.2. The zero-order valence-electron chi connectivity index (χ0n) is 8.04. The van der Waals surface area contributed by atoms with Crippen LogP contribution < -0.4 is 10.9 Å². The molecule has 78 valence electrons. The number of nitrogens with one attached hydrogen (secondary N) is 1. The molecular weight excluding hydrogens is 208 g/mol. The van der Waals surface area contributed by atoms with E-state index in [4.69, 9.17) is 5.26 Å². The molecule has 6 heteroatoms. The van der Waals surface area contributed by atoms with Crippen LogP contribution in [-0.2, 0) is 0 Å². The molecule has 0 aliphatic heterocycles. The maximum absolute atomic E-state index is 11.8. The highest BCUT2D eigenvalue weighted by molar-refractivity contribution is 5.94. The molecule has 2 aromatic heterocycles. The second-order valence-electron chi connectivity index (χ2n) is 2.97. The van der Waals surface area contributed by atoms with Gasteiger partial charge in [0.25, 0.3) is 11.5 Å². The zero-order valence-corrected chi connectivity index (χ0v) is 8.04. The van der Waals surface area contributed by atoms with E-state index in [2.05, 4.69) is 4.98 Å². The lowest BCUT2D eigenvalue weighted by Crippen LogP contribution is -2.28. The van der Waals surface area contributed by atoms with Gasteiger partial charge < -0.3 is 0 Å². The summed E-state index contributed by atoms with van der Waals surface area (Å²) in [6, 6.07) is 5.03. The Morgan fingerprint density at radius 3 is 3.06 bits per heavy atom. The maximum atomic E-state index is 11.8. The standard InChI is InChI=1S/C10H6N4O2/c11-6-13-9(15)7-5-12-8-3-1-2-4-14(8)10(7)16/h1-5H,(H,13,15). The van der Waals surface area contributed by atoms with Crippen LogP contribution >= 0.6 is 0 Å². The van der Waals surface area contributed by atoms with Crippen molar-refractivity contribution in [3.8, 4) is 6.19 Å². The van der Waals surface area contributed by atoms with Crippen molar-refractivity contribution in [3.63, 3.8) is 0 Å². The van der Waals surface area contributed by atoms with E-state index in [-0.39, 0.29) is 5.56 Å². The van der Waals surface area contributed by atoms with Crippen molar-refractivity contribution in [1.29, 1.82) is 5.26 Å².